The van der Waals surface area contributed by atoms with Crippen molar-refractivity contribution < 1.29 is 4.79 Å². The summed E-state index contributed by atoms with van der Waals surface area (Å²) in [6.45, 7) is 5.71. The number of rotatable bonds is 6. The van der Waals surface area contributed by atoms with E-state index >= 15 is 0 Å². The number of amides is 1. The second-order valence-corrected chi connectivity index (χ2v) is 6.30. The van der Waals surface area contributed by atoms with Gasteiger partial charge < -0.3 is 4.90 Å². The Balaban J connectivity index is 2.05. The molecule has 0 radical (unpaired) electrons. The van der Waals surface area contributed by atoms with E-state index in [-0.39, 0.29) is 11.8 Å². The van der Waals surface area contributed by atoms with Crippen molar-refractivity contribution in [3.63, 3.8) is 0 Å². The SMILES string of the molecule is CCCCC/C(Cl)=C1/C(=O)N(Cc2ccccc2)CC1C. The molecule has 3 heteroatoms. The quantitative estimate of drug-likeness (QED) is 0.549. The molecule has 1 heterocycles. The van der Waals surface area contributed by atoms with E-state index in [1.54, 1.807) is 0 Å². The van der Waals surface area contributed by atoms with Gasteiger partial charge in [-0.3, -0.25) is 4.79 Å². The lowest BCUT2D eigenvalue weighted by Crippen LogP contribution is -2.24. The van der Waals surface area contributed by atoms with Gasteiger partial charge >= 0.3 is 0 Å². The molecule has 1 amide bonds. The zero-order chi connectivity index (χ0) is 15.2. The number of allylic oxidation sites excluding steroid dienone is 1. The molecule has 2 nitrogen and oxygen atoms in total. The maximum absolute atomic E-state index is 12.6. The van der Waals surface area contributed by atoms with E-state index in [1.807, 2.05) is 23.1 Å². The average Bonchev–Trinajstić information content (AvgIpc) is 2.75. The van der Waals surface area contributed by atoms with Crippen LogP contribution in [-0.4, -0.2) is 17.4 Å². The van der Waals surface area contributed by atoms with Crippen molar-refractivity contribution >= 4 is 17.5 Å². The van der Waals surface area contributed by atoms with Gasteiger partial charge in [-0.15, -0.1) is 0 Å². The van der Waals surface area contributed by atoms with Gasteiger partial charge in [-0.05, 0) is 18.4 Å². The summed E-state index contributed by atoms with van der Waals surface area (Å²) in [6.07, 6.45) is 4.24. The van der Waals surface area contributed by atoms with Crippen molar-refractivity contribution in [2.75, 3.05) is 6.54 Å². The molecule has 1 aromatic carbocycles. The predicted molar refractivity (Wildman–Crippen MR) is 88.0 cm³/mol. The third-order valence-electron chi connectivity index (χ3n) is 4.01. The first-order chi connectivity index (χ1) is 10.1. The molecule has 1 aliphatic rings. The number of benzene rings is 1. The molecular weight excluding hydrogens is 282 g/mol. The van der Waals surface area contributed by atoms with E-state index in [2.05, 4.69) is 26.0 Å². The van der Waals surface area contributed by atoms with Crippen molar-refractivity contribution in [1.82, 2.24) is 4.90 Å². The minimum absolute atomic E-state index is 0.118. The van der Waals surface area contributed by atoms with Crippen molar-refractivity contribution in [3.05, 3.63) is 46.5 Å². The molecule has 1 fully saturated rings. The molecule has 1 atom stereocenters. The van der Waals surface area contributed by atoms with Crippen molar-refractivity contribution in [3.8, 4) is 0 Å². The summed E-state index contributed by atoms with van der Waals surface area (Å²) in [5, 5.41) is 0.775. The van der Waals surface area contributed by atoms with Crippen molar-refractivity contribution in [2.45, 2.75) is 46.1 Å². The number of likely N-dealkylation sites (tertiary alicyclic amines) is 1. The molecule has 0 spiro atoms. The van der Waals surface area contributed by atoms with E-state index in [0.29, 0.717) is 6.54 Å². The Kier molecular flexibility index (Phi) is 5.86. The standard InChI is InChI=1S/C18H24ClNO/c1-3-4-6-11-16(19)17-14(2)12-20(18(17)21)13-15-9-7-5-8-10-15/h5,7-10,14H,3-4,6,11-13H2,1-2H3/b17-16-. The van der Waals surface area contributed by atoms with Gasteiger partial charge in [0.2, 0.25) is 0 Å². The molecule has 0 bridgehead atoms. The lowest BCUT2D eigenvalue weighted by Gasteiger charge is -2.15. The van der Waals surface area contributed by atoms with Crippen LogP contribution in [0.1, 0.15) is 45.1 Å². The van der Waals surface area contributed by atoms with Crippen LogP contribution < -0.4 is 0 Å². The number of hydrogen-bond acceptors (Lipinski definition) is 1. The third kappa shape index (κ3) is 4.10. The van der Waals surface area contributed by atoms with Gasteiger partial charge in [0.05, 0.1) is 0 Å². The van der Waals surface area contributed by atoms with Gasteiger partial charge in [0.1, 0.15) is 0 Å². The normalized spacial score (nSPS) is 21.0. The highest BCUT2D eigenvalue weighted by atomic mass is 35.5. The molecule has 0 aromatic heterocycles. The van der Waals surface area contributed by atoms with E-state index in [0.717, 1.165) is 30.0 Å². The smallest absolute Gasteiger partial charge is 0.251 e. The van der Waals surface area contributed by atoms with E-state index < -0.39 is 0 Å². The number of carbonyl (C=O) groups is 1. The van der Waals surface area contributed by atoms with Crippen LogP contribution in [0, 0.1) is 5.92 Å². The number of unbranched alkanes of at least 4 members (excludes halogenated alkanes) is 2. The number of carbonyl (C=O) groups excluding carboxylic acids is 1. The zero-order valence-electron chi connectivity index (χ0n) is 12.9. The number of halogens is 1. The molecule has 1 aliphatic heterocycles. The summed E-state index contributed by atoms with van der Waals surface area (Å²) in [6, 6.07) is 10.1. The largest absolute Gasteiger partial charge is 0.334 e. The van der Waals surface area contributed by atoms with Crippen LogP contribution in [0.4, 0.5) is 0 Å². The summed E-state index contributed by atoms with van der Waals surface area (Å²) < 4.78 is 0. The van der Waals surface area contributed by atoms with Gasteiger partial charge in [0, 0.05) is 29.6 Å². The lowest BCUT2D eigenvalue weighted by atomic mass is 10.0. The van der Waals surface area contributed by atoms with E-state index in [4.69, 9.17) is 11.6 Å². The van der Waals surface area contributed by atoms with Crippen LogP contribution in [0.15, 0.2) is 40.9 Å². The highest BCUT2D eigenvalue weighted by molar-refractivity contribution is 6.32. The van der Waals surface area contributed by atoms with Crippen LogP contribution in [0.2, 0.25) is 0 Å². The lowest BCUT2D eigenvalue weighted by molar-refractivity contribution is -0.125. The Morgan fingerprint density at radius 1 is 1.29 bits per heavy atom. The minimum atomic E-state index is 0.118. The van der Waals surface area contributed by atoms with Crippen LogP contribution in [0.25, 0.3) is 0 Å². The maximum Gasteiger partial charge on any atom is 0.251 e. The molecule has 114 valence electrons. The maximum atomic E-state index is 12.6. The molecule has 0 saturated carbocycles. The second kappa shape index (κ2) is 7.65. The molecule has 0 N–H and O–H groups in total. The molecular formula is C18H24ClNO. The topological polar surface area (TPSA) is 20.3 Å². The highest BCUT2D eigenvalue weighted by Gasteiger charge is 2.34. The molecule has 0 aliphatic carbocycles. The first kappa shape index (κ1) is 16.1. The molecule has 1 aromatic rings. The van der Waals surface area contributed by atoms with Crippen molar-refractivity contribution in [1.29, 1.82) is 0 Å². The third-order valence-corrected chi connectivity index (χ3v) is 4.41. The summed E-state index contributed by atoms with van der Waals surface area (Å²) in [5.74, 6) is 0.350. The average molecular weight is 306 g/mol. The summed E-state index contributed by atoms with van der Waals surface area (Å²) in [5.41, 5.74) is 2.00. The monoisotopic (exact) mass is 305 g/mol. The minimum Gasteiger partial charge on any atom is -0.334 e. The number of nitrogens with zero attached hydrogens (tertiary/aromatic N) is 1. The summed E-state index contributed by atoms with van der Waals surface area (Å²) >= 11 is 6.41. The fourth-order valence-corrected chi connectivity index (χ4v) is 3.28. The highest BCUT2D eigenvalue weighted by Crippen LogP contribution is 2.31. The Bertz CT molecular complexity index is 509. The molecule has 1 saturated heterocycles. The summed E-state index contributed by atoms with van der Waals surface area (Å²) in [7, 11) is 0. The van der Waals surface area contributed by atoms with Gasteiger partial charge in [-0.1, -0.05) is 68.6 Å². The molecule has 2 rings (SSSR count). The fourth-order valence-electron chi connectivity index (χ4n) is 2.87. The van der Waals surface area contributed by atoms with Gasteiger partial charge in [0.25, 0.3) is 5.91 Å². The fraction of sp³-hybridized carbons (Fsp3) is 0.500. The van der Waals surface area contributed by atoms with Gasteiger partial charge in [-0.25, -0.2) is 0 Å². The van der Waals surface area contributed by atoms with E-state index in [1.165, 1.54) is 18.4 Å². The van der Waals surface area contributed by atoms with Gasteiger partial charge in [-0.2, -0.15) is 0 Å². The molecule has 1 unspecified atom stereocenters. The first-order valence-electron chi connectivity index (χ1n) is 7.85. The zero-order valence-corrected chi connectivity index (χ0v) is 13.7. The Morgan fingerprint density at radius 3 is 2.67 bits per heavy atom. The van der Waals surface area contributed by atoms with Crippen LogP contribution in [-0.2, 0) is 11.3 Å². The van der Waals surface area contributed by atoms with Gasteiger partial charge in [0.15, 0.2) is 0 Å². The first-order valence-corrected chi connectivity index (χ1v) is 8.23. The molecule has 21 heavy (non-hydrogen) atoms. The number of hydrogen-bond donors (Lipinski definition) is 0. The van der Waals surface area contributed by atoms with Crippen LogP contribution >= 0.6 is 11.6 Å². The van der Waals surface area contributed by atoms with Crippen LogP contribution in [0.5, 0.6) is 0 Å². The summed E-state index contributed by atoms with van der Waals surface area (Å²) in [4.78, 5) is 14.5. The van der Waals surface area contributed by atoms with Crippen LogP contribution in [0.3, 0.4) is 0 Å². The van der Waals surface area contributed by atoms with E-state index in [9.17, 15) is 4.79 Å². The predicted octanol–water partition coefficient (Wildman–Crippen LogP) is 4.74. The Morgan fingerprint density at radius 2 is 2.00 bits per heavy atom. The Hall–Kier alpha value is -1.28. The van der Waals surface area contributed by atoms with Crippen molar-refractivity contribution in [2.24, 2.45) is 5.92 Å². The second-order valence-electron chi connectivity index (χ2n) is 5.85. The Labute approximate surface area is 132 Å².